The van der Waals surface area contributed by atoms with Gasteiger partial charge in [-0.15, -0.1) is 12.6 Å². The van der Waals surface area contributed by atoms with Crippen molar-refractivity contribution in [3.8, 4) is 0 Å². The minimum atomic E-state index is -0.570. The SMILES string of the molecule is O=[N+]([O-])c1ccc(F)cc1.Sc1cccc2nonc12. The second-order valence-corrected chi connectivity index (χ2v) is 4.12. The highest BCUT2D eigenvalue weighted by Crippen LogP contribution is 2.16. The number of benzene rings is 2. The second-order valence-electron chi connectivity index (χ2n) is 3.64. The Labute approximate surface area is 117 Å². The van der Waals surface area contributed by atoms with Crippen molar-refractivity contribution in [1.29, 1.82) is 0 Å². The van der Waals surface area contributed by atoms with Gasteiger partial charge in [0, 0.05) is 17.0 Å². The molecule has 0 N–H and O–H groups in total. The maximum absolute atomic E-state index is 12.1. The Kier molecular flexibility index (Phi) is 4.26. The van der Waals surface area contributed by atoms with Crippen molar-refractivity contribution in [2.75, 3.05) is 0 Å². The summed E-state index contributed by atoms with van der Waals surface area (Å²) in [5, 5.41) is 17.3. The zero-order chi connectivity index (χ0) is 14.5. The molecule has 0 amide bonds. The van der Waals surface area contributed by atoms with E-state index in [1.54, 1.807) is 0 Å². The summed E-state index contributed by atoms with van der Waals surface area (Å²) in [6.07, 6.45) is 0. The fourth-order valence-corrected chi connectivity index (χ4v) is 1.60. The van der Waals surface area contributed by atoms with E-state index in [1.807, 2.05) is 18.2 Å². The molecule has 0 unspecified atom stereocenters. The van der Waals surface area contributed by atoms with Gasteiger partial charge in [0.25, 0.3) is 5.69 Å². The molecule has 0 bridgehead atoms. The number of fused-ring (bicyclic) bond motifs is 1. The molecule has 0 aliphatic heterocycles. The Morgan fingerprint density at radius 3 is 2.45 bits per heavy atom. The molecule has 8 heteroatoms. The first-order valence-electron chi connectivity index (χ1n) is 5.38. The molecule has 0 saturated heterocycles. The van der Waals surface area contributed by atoms with Crippen LogP contribution in [0.25, 0.3) is 11.0 Å². The number of hydrogen-bond donors (Lipinski definition) is 1. The highest BCUT2D eigenvalue weighted by atomic mass is 32.1. The van der Waals surface area contributed by atoms with Gasteiger partial charge >= 0.3 is 0 Å². The summed E-state index contributed by atoms with van der Waals surface area (Å²) in [7, 11) is 0. The fourth-order valence-electron chi connectivity index (χ4n) is 1.35. The van der Waals surface area contributed by atoms with Crippen LogP contribution in [0.5, 0.6) is 0 Å². The predicted octanol–water partition coefficient (Wildman–Crippen LogP) is 3.25. The van der Waals surface area contributed by atoms with E-state index in [9.17, 15) is 14.5 Å². The van der Waals surface area contributed by atoms with Crippen molar-refractivity contribution >= 4 is 29.3 Å². The number of halogens is 1. The Morgan fingerprint density at radius 1 is 1.15 bits per heavy atom. The average Bonchev–Trinajstić information content (AvgIpc) is 2.90. The third-order valence-electron chi connectivity index (χ3n) is 2.30. The number of nitro groups is 1. The van der Waals surface area contributed by atoms with Crippen LogP contribution < -0.4 is 0 Å². The largest absolute Gasteiger partial charge is 0.269 e. The smallest absolute Gasteiger partial charge is 0.258 e. The monoisotopic (exact) mass is 293 g/mol. The molecule has 6 nitrogen and oxygen atoms in total. The Balaban J connectivity index is 0.000000147. The number of non-ortho nitro benzene ring substituents is 1. The van der Waals surface area contributed by atoms with Crippen molar-refractivity contribution in [3.05, 3.63) is 58.4 Å². The highest BCUT2D eigenvalue weighted by molar-refractivity contribution is 7.80. The summed E-state index contributed by atoms with van der Waals surface area (Å²) in [6.45, 7) is 0. The van der Waals surface area contributed by atoms with E-state index in [0.717, 1.165) is 34.7 Å². The summed E-state index contributed by atoms with van der Waals surface area (Å²) in [5.41, 5.74) is 1.36. The normalized spacial score (nSPS) is 9.90. The number of thiol groups is 1. The van der Waals surface area contributed by atoms with Crippen LogP contribution >= 0.6 is 12.6 Å². The summed E-state index contributed by atoms with van der Waals surface area (Å²) >= 11 is 4.15. The van der Waals surface area contributed by atoms with Crippen LogP contribution in [0.2, 0.25) is 0 Å². The number of nitrogens with zero attached hydrogens (tertiary/aromatic N) is 3. The van der Waals surface area contributed by atoms with Crippen LogP contribution in [0, 0.1) is 15.9 Å². The third kappa shape index (κ3) is 3.29. The Bertz CT molecular complexity index is 730. The van der Waals surface area contributed by atoms with Crippen LogP contribution in [0.4, 0.5) is 10.1 Å². The first kappa shape index (κ1) is 13.9. The third-order valence-corrected chi connectivity index (χ3v) is 2.66. The van der Waals surface area contributed by atoms with E-state index in [1.165, 1.54) is 0 Å². The van der Waals surface area contributed by atoms with Gasteiger partial charge in [-0.2, -0.15) is 0 Å². The van der Waals surface area contributed by atoms with Crippen LogP contribution in [0.3, 0.4) is 0 Å². The first-order valence-corrected chi connectivity index (χ1v) is 5.83. The minimum absolute atomic E-state index is 0.0959. The highest BCUT2D eigenvalue weighted by Gasteiger charge is 2.02. The van der Waals surface area contributed by atoms with E-state index >= 15 is 0 Å². The standard InChI is InChI=1S/C6H4FNO2.C6H4N2OS/c7-5-1-3-6(4-2-5)8(9)10;10-5-3-1-2-4-6(5)8-9-7-4/h1-4H;1-3,10H. The molecular weight excluding hydrogens is 285 g/mol. The van der Waals surface area contributed by atoms with Gasteiger partial charge in [-0.1, -0.05) is 6.07 Å². The van der Waals surface area contributed by atoms with Crippen molar-refractivity contribution in [2.45, 2.75) is 4.90 Å². The molecule has 1 aromatic heterocycles. The molecule has 3 aromatic rings. The molecular formula is C12H8FN3O3S. The molecule has 3 rings (SSSR count). The maximum Gasteiger partial charge on any atom is 0.269 e. The van der Waals surface area contributed by atoms with E-state index in [4.69, 9.17) is 0 Å². The molecule has 0 fully saturated rings. The van der Waals surface area contributed by atoms with Gasteiger partial charge in [-0.3, -0.25) is 10.1 Å². The van der Waals surface area contributed by atoms with Gasteiger partial charge in [-0.05, 0) is 34.6 Å². The second kappa shape index (κ2) is 6.11. The molecule has 0 spiro atoms. The fraction of sp³-hybridized carbons (Fsp3) is 0. The Morgan fingerprint density at radius 2 is 1.85 bits per heavy atom. The lowest BCUT2D eigenvalue weighted by atomic mass is 10.3. The average molecular weight is 293 g/mol. The van der Waals surface area contributed by atoms with Crippen LogP contribution in [-0.2, 0) is 0 Å². The lowest BCUT2D eigenvalue weighted by Gasteiger charge is -1.87. The molecule has 0 aliphatic carbocycles. The molecule has 2 aromatic carbocycles. The van der Waals surface area contributed by atoms with E-state index in [-0.39, 0.29) is 5.69 Å². The molecule has 1 heterocycles. The van der Waals surface area contributed by atoms with Crippen molar-refractivity contribution in [2.24, 2.45) is 0 Å². The number of rotatable bonds is 1. The van der Waals surface area contributed by atoms with E-state index < -0.39 is 10.7 Å². The van der Waals surface area contributed by atoms with Crippen molar-refractivity contribution in [1.82, 2.24) is 10.3 Å². The lowest BCUT2D eigenvalue weighted by Crippen LogP contribution is -1.86. The molecule has 0 saturated carbocycles. The van der Waals surface area contributed by atoms with Crippen molar-refractivity contribution < 1.29 is 13.9 Å². The molecule has 20 heavy (non-hydrogen) atoms. The summed E-state index contributed by atoms with van der Waals surface area (Å²) in [6, 6.07) is 9.87. The lowest BCUT2D eigenvalue weighted by molar-refractivity contribution is -0.384. The molecule has 102 valence electrons. The summed E-state index contributed by atoms with van der Waals surface area (Å²) < 4.78 is 16.6. The summed E-state index contributed by atoms with van der Waals surface area (Å²) in [4.78, 5) is 10.2. The number of nitro benzene ring substituents is 1. The van der Waals surface area contributed by atoms with Gasteiger partial charge < -0.3 is 0 Å². The molecule has 0 radical (unpaired) electrons. The summed E-state index contributed by atoms with van der Waals surface area (Å²) in [5.74, 6) is -0.467. The topological polar surface area (TPSA) is 82.1 Å². The minimum Gasteiger partial charge on any atom is -0.258 e. The van der Waals surface area contributed by atoms with Crippen LogP contribution in [-0.4, -0.2) is 15.2 Å². The zero-order valence-corrected chi connectivity index (χ0v) is 10.8. The van der Waals surface area contributed by atoms with Gasteiger partial charge in [0.1, 0.15) is 16.9 Å². The predicted molar refractivity (Wildman–Crippen MR) is 72.1 cm³/mol. The first-order chi connectivity index (χ1) is 9.58. The van der Waals surface area contributed by atoms with Gasteiger partial charge in [-0.25, -0.2) is 9.02 Å². The van der Waals surface area contributed by atoms with E-state index in [2.05, 4.69) is 27.6 Å². The van der Waals surface area contributed by atoms with Crippen molar-refractivity contribution in [3.63, 3.8) is 0 Å². The Hall–Kier alpha value is -2.48. The molecule has 0 atom stereocenters. The quantitative estimate of drug-likeness (QED) is 0.423. The van der Waals surface area contributed by atoms with E-state index in [0.29, 0.717) is 5.52 Å². The van der Waals surface area contributed by atoms with Gasteiger partial charge in [0.05, 0.1) is 4.92 Å². The van der Waals surface area contributed by atoms with Crippen LogP contribution in [0.1, 0.15) is 0 Å². The number of aromatic nitrogens is 2. The zero-order valence-electron chi connectivity index (χ0n) is 9.93. The van der Waals surface area contributed by atoms with Crippen LogP contribution in [0.15, 0.2) is 52.0 Å². The maximum atomic E-state index is 12.1. The molecule has 0 aliphatic rings. The van der Waals surface area contributed by atoms with Gasteiger partial charge in [0.2, 0.25) is 0 Å². The van der Waals surface area contributed by atoms with Gasteiger partial charge in [0.15, 0.2) is 0 Å². The number of hydrogen-bond acceptors (Lipinski definition) is 6.